The molecule has 0 bridgehead atoms. The Balaban J connectivity index is 1.92. The minimum Gasteiger partial charge on any atom is -0.504 e. The quantitative estimate of drug-likeness (QED) is 0.153. The predicted molar refractivity (Wildman–Crippen MR) is 143 cm³/mol. The second-order valence-corrected chi connectivity index (χ2v) is 9.62. The molecule has 1 saturated heterocycles. The van der Waals surface area contributed by atoms with Gasteiger partial charge in [0.25, 0.3) is 0 Å². The van der Waals surface area contributed by atoms with Crippen LogP contribution in [0, 0.1) is 5.92 Å². The average molecular weight is 491 g/mol. The van der Waals surface area contributed by atoms with E-state index in [0.29, 0.717) is 16.3 Å². The van der Waals surface area contributed by atoms with Crippen molar-refractivity contribution in [2.24, 2.45) is 13.0 Å². The van der Waals surface area contributed by atoms with Gasteiger partial charge in [0.1, 0.15) is 5.69 Å². The molecular weight excluding hydrogens is 448 g/mol. The third kappa shape index (κ3) is 8.62. The molecule has 0 radical (unpaired) electrons. The zero-order chi connectivity index (χ0) is 25.1. The molecule has 3 N–H and O–H groups in total. The van der Waals surface area contributed by atoms with Crippen molar-refractivity contribution in [2.75, 3.05) is 39.4 Å². The number of hydrogen-bond donors (Lipinski definition) is 3. The van der Waals surface area contributed by atoms with E-state index in [1.807, 2.05) is 13.0 Å². The van der Waals surface area contributed by atoms with Gasteiger partial charge in [-0.1, -0.05) is 44.7 Å². The first-order chi connectivity index (χ1) is 16.3. The van der Waals surface area contributed by atoms with Gasteiger partial charge in [-0.3, -0.25) is 4.68 Å². The summed E-state index contributed by atoms with van der Waals surface area (Å²) >= 11 is 6.42. The molecule has 2 heterocycles. The summed E-state index contributed by atoms with van der Waals surface area (Å²) in [6.07, 6.45) is 9.72. The van der Waals surface area contributed by atoms with Gasteiger partial charge in [0.2, 0.25) is 0 Å². The zero-order valence-corrected chi connectivity index (χ0v) is 22.2. The van der Waals surface area contributed by atoms with E-state index < -0.39 is 0 Å². The van der Waals surface area contributed by atoms with Gasteiger partial charge in [-0.25, -0.2) is 5.01 Å². The summed E-state index contributed by atoms with van der Waals surface area (Å²) in [6, 6.07) is 0. The van der Waals surface area contributed by atoms with Crippen LogP contribution in [0.5, 0.6) is 5.75 Å². The van der Waals surface area contributed by atoms with Gasteiger partial charge < -0.3 is 20.7 Å². The number of nitrogens with one attached hydrogen (secondary N) is 2. The van der Waals surface area contributed by atoms with Gasteiger partial charge in [0, 0.05) is 36.4 Å². The number of nitrogens with zero attached hydrogens (tertiary/aromatic N) is 4. The van der Waals surface area contributed by atoms with Crippen molar-refractivity contribution < 1.29 is 5.11 Å². The molecule has 190 valence electrons. The van der Waals surface area contributed by atoms with Crippen molar-refractivity contribution >= 4 is 17.2 Å². The van der Waals surface area contributed by atoms with E-state index in [2.05, 4.69) is 52.8 Å². The molecule has 1 fully saturated rings. The van der Waals surface area contributed by atoms with E-state index in [4.69, 9.17) is 11.6 Å². The number of likely N-dealkylation sites (tertiary alicyclic amines) is 1. The number of aryl methyl sites for hydroxylation is 1. The van der Waals surface area contributed by atoms with Crippen LogP contribution in [0.1, 0.15) is 52.1 Å². The van der Waals surface area contributed by atoms with E-state index in [1.54, 1.807) is 17.8 Å². The van der Waals surface area contributed by atoms with E-state index in [9.17, 15) is 5.11 Å². The second-order valence-electron chi connectivity index (χ2n) is 9.21. The Bertz CT molecular complexity index is 855. The summed E-state index contributed by atoms with van der Waals surface area (Å²) in [7, 11) is 1.76. The molecule has 34 heavy (non-hydrogen) atoms. The van der Waals surface area contributed by atoms with Crippen LogP contribution in [0.2, 0.25) is 0 Å². The minimum atomic E-state index is 0.0657. The van der Waals surface area contributed by atoms with E-state index in [1.165, 1.54) is 32.1 Å². The van der Waals surface area contributed by atoms with Crippen molar-refractivity contribution in [3.8, 4) is 5.75 Å². The van der Waals surface area contributed by atoms with Crippen LogP contribution in [0.3, 0.4) is 0 Å². The smallest absolute Gasteiger partial charge is 0.161 e. The van der Waals surface area contributed by atoms with Crippen LogP contribution in [-0.4, -0.2) is 64.2 Å². The first-order valence-electron chi connectivity index (χ1n) is 12.3. The Morgan fingerprint density at radius 3 is 2.82 bits per heavy atom. The number of allylic oxidation sites excluding steroid dienone is 5. The van der Waals surface area contributed by atoms with E-state index in [-0.39, 0.29) is 5.75 Å². The standard InChI is InChI=1S/C26H43ClN6O/c1-7-13-33(19-28-12-10-15-32-14-9-11-20(3)18-32)30-22(5)21(4)16-23(24(27)8-2)26-25(34)17-29-31(26)6/h8,16-17,20,28,30,34H,2,5,7,9-15,18-19H2,1,3-4,6H3/b21-16+,24-23-. The molecule has 1 aliphatic heterocycles. The third-order valence-electron chi connectivity index (χ3n) is 6.11. The molecule has 1 aliphatic rings. The van der Waals surface area contributed by atoms with Crippen LogP contribution >= 0.6 is 11.6 Å². The molecule has 1 aromatic heterocycles. The van der Waals surface area contributed by atoms with Gasteiger partial charge in [0.15, 0.2) is 5.75 Å². The molecule has 2 rings (SSSR count). The van der Waals surface area contributed by atoms with Gasteiger partial charge in [0.05, 0.1) is 12.9 Å². The number of piperidine rings is 1. The van der Waals surface area contributed by atoms with Crippen molar-refractivity contribution in [3.63, 3.8) is 0 Å². The monoisotopic (exact) mass is 490 g/mol. The summed E-state index contributed by atoms with van der Waals surface area (Å²) in [6.45, 7) is 20.7. The molecule has 1 unspecified atom stereocenters. The first kappa shape index (κ1) is 28.2. The lowest BCUT2D eigenvalue weighted by molar-refractivity contribution is 0.174. The van der Waals surface area contributed by atoms with Crippen molar-refractivity contribution in [1.82, 2.24) is 30.4 Å². The fraction of sp³-hybridized carbons (Fsp3) is 0.577. The van der Waals surface area contributed by atoms with Gasteiger partial charge in [-0.15, -0.1) is 0 Å². The molecular formula is C26H43ClN6O. The van der Waals surface area contributed by atoms with Crippen LogP contribution in [0.15, 0.2) is 47.8 Å². The fourth-order valence-corrected chi connectivity index (χ4v) is 4.40. The Hall–Kier alpha value is -2.06. The molecule has 8 heteroatoms. The molecule has 0 aliphatic carbocycles. The van der Waals surface area contributed by atoms with Crippen LogP contribution in [-0.2, 0) is 7.05 Å². The second kappa shape index (κ2) is 14.4. The van der Waals surface area contributed by atoms with Gasteiger partial charge in [-0.2, -0.15) is 5.10 Å². The van der Waals surface area contributed by atoms with Crippen molar-refractivity contribution in [1.29, 1.82) is 0 Å². The minimum absolute atomic E-state index is 0.0657. The van der Waals surface area contributed by atoms with Crippen molar-refractivity contribution in [3.05, 3.63) is 53.5 Å². The molecule has 7 nitrogen and oxygen atoms in total. The Morgan fingerprint density at radius 1 is 1.44 bits per heavy atom. The average Bonchev–Trinajstić information content (AvgIpc) is 3.14. The topological polar surface area (TPSA) is 68.6 Å². The number of aromatic nitrogens is 2. The molecule has 1 atom stereocenters. The highest BCUT2D eigenvalue weighted by Crippen LogP contribution is 2.31. The lowest BCUT2D eigenvalue weighted by Gasteiger charge is -2.31. The van der Waals surface area contributed by atoms with Crippen LogP contribution in [0.25, 0.3) is 5.57 Å². The highest BCUT2D eigenvalue weighted by molar-refractivity contribution is 6.34. The highest BCUT2D eigenvalue weighted by atomic mass is 35.5. The zero-order valence-electron chi connectivity index (χ0n) is 21.4. The van der Waals surface area contributed by atoms with Crippen LogP contribution < -0.4 is 10.7 Å². The lowest BCUT2D eigenvalue weighted by atomic mass is 10.0. The molecule has 1 aromatic rings. The number of aromatic hydroxyl groups is 1. The number of halogens is 1. The molecule has 0 spiro atoms. The summed E-state index contributed by atoms with van der Waals surface area (Å²) in [5.74, 6) is 0.891. The first-order valence-corrected chi connectivity index (χ1v) is 12.7. The summed E-state index contributed by atoms with van der Waals surface area (Å²) in [5.41, 5.74) is 6.26. The fourth-order valence-electron chi connectivity index (χ4n) is 4.26. The number of rotatable bonds is 14. The molecule has 0 aromatic carbocycles. The lowest BCUT2D eigenvalue weighted by Crippen LogP contribution is -2.44. The predicted octanol–water partition coefficient (Wildman–Crippen LogP) is 4.61. The largest absolute Gasteiger partial charge is 0.504 e. The molecule has 0 saturated carbocycles. The Morgan fingerprint density at radius 2 is 2.21 bits per heavy atom. The number of hydrogen-bond acceptors (Lipinski definition) is 6. The maximum atomic E-state index is 10.3. The van der Waals surface area contributed by atoms with Crippen molar-refractivity contribution in [2.45, 2.75) is 46.5 Å². The summed E-state index contributed by atoms with van der Waals surface area (Å²) in [5, 5.41) is 20.5. The molecule has 0 amide bonds. The van der Waals surface area contributed by atoms with Gasteiger partial charge in [-0.05, 0) is 69.8 Å². The Labute approximate surface area is 210 Å². The van der Waals surface area contributed by atoms with E-state index in [0.717, 1.165) is 56.3 Å². The maximum Gasteiger partial charge on any atom is 0.161 e. The van der Waals surface area contributed by atoms with Gasteiger partial charge >= 0.3 is 0 Å². The highest BCUT2D eigenvalue weighted by Gasteiger charge is 2.16. The normalized spacial score (nSPS) is 18.2. The van der Waals surface area contributed by atoms with Crippen LogP contribution in [0.4, 0.5) is 0 Å². The SMILES string of the molecule is C=C/C(Cl)=C(\C=C(/C)C(=C)NN(CCC)CNCCCN1CCCC(C)C1)c1c(O)cnn1C. The Kier molecular flexibility index (Phi) is 11.9. The maximum absolute atomic E-state index is 10.3. The van der Waals surface area contributed by atoms with E-state index >= 15 is 0 Å². The summed E-state index contributed by atoms with van der Waals surface area (Å²) in [4.78, 5) is 2.59. The summed E-state index contributed by atoms with van der Waals surface area (Å²) < 4.78 is 1.59. The third-order valence-corrected chi connectivity index (χ3v) is 6.46. The number of hydrazine groups is 1.